The fraction of sp³-hybridized carbons (Fsp3) is 0.375. The minimum absolute atomic E-state index is 0.0601. The van der Waals surface area contributed by atoms with Crippen molar-refractivity contribution in [2.45, 2.75) is 91.5 Å². The number of para-hydroxylation sites is 1. The van der Waals surface area contributed by atoms with Gasteiger partial charge < -0.3 is 30.5 Å². The van der Waals surface area contributed by atoms with Crippen LogP contribution in [0.4, 0.5) is 10.5 Å². The molecule has 4 N–H and O–H groups in total. The van der Waals surface area contributed by atoms with E-state index >= 15 is 0 Å². The largest absolute Gasteiger partial charge is 0.508 e. The average Bonchev–Trinajstić information content (AvgIpc) is 3.03. The van der Waals surface area contributed by atoms with Crippen LogP contribution < -0.4 is 10.6 Å². The topological polar surface area (TPSA) is 128 Å². The second-order valence-electron chi connectivity index (χ2n) is 14.1. The smallest absolute Gasteiger partial charge is 0.408 e. The summed E-state index contributed by atoms with van der Waals surface area (Å²) in [5.41, 5.74) is 1.21. The number of fused-ring (bicyclic) bond motifs is 1. The van der Waals surface area contributed by atoms with Gasteiger partial charge in [-0.3, -0.25) is 9.59 Å². The maximum Gasteiger partial charge on any atom is 0.408 e. The summed E-state index contributed by atoms with van der Waals surface area (Å²) in [6.45, 7) is 13.0. The van der Waals surface area contributed by atoms with E-state index in [1.54, 1.807) is 64.1 Å². The maximum atomic E-state index is 15.0. The van der Waals surface area contributed by atoms with Crippen molar-refractivity contribution in [3.63, 3.8) is 0 Å². The number of hydrogen-bond acceptors (Lipinski definition) is 6. The van der Waals surface area contributed by atoms with Crippen LogP contribution in [-0.2, 0) is 20.7 Å². The molecule has 4 rings (SSSR count). The molecule has 3 amide bonds. The Morgan fingerprint density at radius 3 is 2.16 bits per heavy atom. The molecule has 0 saturated carbocycles. The molecule has 0 radical (unpaired) electrons. The van der Waals surface area contributed by atoms with Crippen LogP contribution in [0.25, 0.3) is 10.8 Å². The number of phenolic OH excluding ortho intramolecular Hbond substituents is 2. The lowest BCUT2D eigenvalue weighted by Gasteiger charge is -2.39. The molecule has 9 nitrogen and oxygen atoms in total. The lowest BCUT2D eigenvalue weighted by atomic mass is 9.94. The third-order valence-corrected chi connectivity index (χ3v) is 8.36. The summed E-state index contributed by atoms with van der Waals surface area (Å²) in [4.78, 5) is 44.2. The molecule has 4 aromatic rings. The minimum Gasteiger partial charge on any atom is -0.508 e. The molecule has 0 aromatic heterocycles. The number of rotatable bonds is 12. The van der Waals surface area contributed by atoms with Crippen LogP contribution in [0.15, 0.2) is 84.9 Å². The predicted molar refractivity (Wildman–Crippen MR) is 194 cm³/mol. The highest BCUT2D eigenvalue weighted by molar-refractivity contribution is 6.01. The highest BCUT2D eigenvalue weighted by Crippen LogP contribution is 2.35. The zero-order chi connectivity index (χ0) is 35.9. The molecule has 0 bridgehead atoms. The predicted octanol–water partition coefficient (Wildman–Crippen LogP) is 8.03. The second-order valence-corrected chi connectivity index (χ2v) is 14.1. The first-order valence-electron chi connectivity index (χ1n) is 16.8. The summed E-state index contributed by atoms with van der Waals surface area (Å²) in [6, 6.07) is 22.0. The minimum atomic E-state index is -1.26. The van der Waals surface area contributed by atoms with E-state index in [1.807, 2.05) is 43.3 Å². The molecule has 0 spiro atoms. The molecule has 0 aliphatic heterocycles. The van der Waals surface area contributed by atoms with Gasteiger partial charge in [0.25, 0.3) is 5.91 Å². The van der Waals surface area contributed by atoms with Gasteiger partial charge in [-0.1, -0.05) is 74.5 Å². The number of anilines is 1. The number of amides is 3. The molecule has 49 heavy (non-hydrogen) atoms. The van der Waals surface area contributed by atoms with Crippen molar-refractivity contribution < 1.29 is 29.3 Å². The van der Waals surface area contributed by atoms with E-state index in [1.165, 1.54) is 17.0 Å². The Labute approximate surface area is 289 Å². The third kappa shape index (κ3) is 9.98. The Morgan fingerprint density at radius 2 is 1.51 bits per heavy atom. The molecule has 9 heteroatoms. The Kier molecular flexibility index (Phi) is 11.9. The maximum absolute atomic E-state index is 15.0. The molecule has 260 valence electrons. The summed E-state index contributed by atoms with van der Waals surface area (Å²) in [6.07, 6.45) is 0.611. The molecule has 0 heterocycles. The molecule has 0 aliphatic rings. The van der Waals surface area contributed by atoms with Crippen molar-refractivity contribution in [2.75, 3.05) is 5.32 Å². The van der Waals surface area contributed by atoms with E-state index in [4.69, 9.17) is 4.74 Å². The fourth-order valence-corrected chi connectivity index (χ4v) is 5.81. The Balaban J connectivity index is 1.84. The Morgan fingerprint density at radius 1 is 0.837 bits per heavy atom. The number of ether oxygens (including phenoxy) is 1. The Bertz CT molecular complexity index is 1760. The monoisotopic (exact) mass is 667 g/mol. The second kappa shape index (κ2) is 15.9. The van der Waals surface area contributed by atoms with Gasteiger partial charge in [-0.2, -0.15) is 0 Å². The third-order valence-electron chi connectivity index (χ3n) is 8.36. The van der Waals surface area contributed by atoms with E-state index in [9.17, 15) is 24.6 Å². The quantitative estimate of drug-likeness (QED) is 0.121. The molecule has 0 saturated heterocycles. The van der Waals surface area contributed by atoms with Crippen LogP contribution >= 0.6 is 0 Å². The van der Waals surface area contributed by atoms with Gasteiger partial charge in [0.1, 0.15) is 29.2 Å². The van der Waals surface area contributed by atoms with Crippen LogP contribution in [0.5, 0.6) is 11.5 Å². The molecule has 4 aromatic carbocycles. The van der Waals surface area contributed by atoms with E-state index < -0.39 is 41.6 Å². The first kappa shape index (κ1) is 36.8. The number of aryl methyl sites for hydroxylation is 1. The summed E-state index contributed by atoms with van der Waals surface area (Å²) >= 11 is 0. The number of nitrogens with one attached hydrogen (secondary N) is 2. The molecule has 3 atom stereocenters. The summed E-state index contributed by atoms with van der Waals surface area (Å²) in [7, 11) is 0. The van der Waals surface area contributed by atoms with Crippen LogP contribution in [0.1, 0.15) is 77.1 Å². The number of carbonyl (C=O) groups is 3. The van der Waals surface area contributed by atoms with Crippen molar-refractivity contribution >= 4 is 34.4 Å². The number of hydrogen-bond donors (Lipinski definition) is 4. The first-order valence-corrected chi connectivity index (χ1v) is 16.8. The number of alkyl carbamates (subject to hydrolysis) is 1. The summed E-state index contributed by atoms with van der Waals surface area (Å²) in [5.74, 6) is -0.734. The molecular formula is C40H49N3O6. The number of carbonyl (C=O) groups excluding carboxylic acids is 3. The van der Waals surface area contributed by atoms with Crippen molar-refractivity contribution in [1.29, 1.82) is 0 Å². The van der Waals surface area contributed by atoms with Gasteiger partial charge >= 0.3 is 6.09 Å². The zero-order valence-electron chi connectivity index (χ0n) is 29.5. The summed E-state index contributed by atoms with van der Waals surface area (Å²) in [5, 5.41) is 29.0. The number of aromatic hydroxyl groups is 2. The van der Waals surface area contributed by atoms with E-state index in [2.05, 4.69) is 24.5 Å². The van der Waals surface area contributed by atoms with Crippen molar-refractivity contribution in [2.24, 2.45) is 5.92 Å². The number of nitrogens with zero attached hydrogens (tertiary/aromatic N) is 1. The average molecular weight is 668 g/mol. The fourth-order valence-electron chi connectivity index (χ4n) is 5.81. The SMILES string of the molecule is Cc1cccc(C(C(=O)Nc2ccc3ccccc3c2)N(C(=O)C(Cc2ccc(O)cc2)NC(=O)OC(C)(C)C)C(C)CCC(C)C)c1O. The van der Waals surface area contributed by atoms with Crippen LogP contribution in [-0.4, -0.2) is 50.7 Å². The van der Waals surface area contributed by atoms with E-state index in [0.717, 1.165) is 17.2 Å². The van der Waals surface area contributed by atoms with Crippen LogP contribution in [0.2, 0.25) is 0 Å². The standard InChI is InChI=1S/C40H49N3O6/c1-25(2)15-16-27(4)43(38(47)34(42-39(48)49-40(5,6)7)23-28-17-21-32(44)22-18-28)35(33-14-10-11-26(3)36(33)45)37(46)41-31-20-19-29-12-8-9-13-30(29)24-31/h8-14,17-22,24-25,27,34-35,44-45H,15-16,23H2,1-7H3,(H,41,46)(H,42,48). The van der Waals surface area contributed by atoms with Crippen molar-refractivity contribution in [1.82, 2.24) is 10.2 Å². The summed E-state index contributed by atoms with van der Waals surface area (Å²) < 4.78 is 5.56. The first-order chi connectivity index (χ1) is 23.1. The lowest BCUT2D eigenvalue weighted by Crippen LogP contribution is -2.55. The Hall–Kier alpha value is -5.05. The van der Waals surface area contributed by atoms with Gasteiger partial charge in [-0.05, 0) is 99.5 Å². The van der Waals surface area contributed by atoms with Gasteiger partial charge in [0.2, 0.25) is 5.91 Å². The number of phenols is 2. The molecule has 0 fully saturated rings. The molecular weight excluding hydrogens is 618 g/mol. The van der Waals surface area contributed by atoms with Crippen molar-refractivity contribution in [3.8, 4) is 11.5 Å². The van der Waals surface area contributed by atoms with Gasteiger partial charge in [-0.15, -0.1) is 0 Å². The van der Waals surface area contributed by atoms with Gasteiger partial charge in [-0.25, -0.2) is 4.79 Å². The molecule has 0 aliphatic carbocycles. The lowest BCUT2D eigenvalue weighted by molar-refractivity contribution is -0.143. The van der Waals surface area contributed by atoms with Gasteiger partial charge in [0, 0.05) is 23.7 Å². The van der Waals surface area contributed by atoms with E-state index in [-0.39, 0.29) is 23.5 Å². The normalized spacial score (nSPS) is 13.4. The highest BCUT2D eigenvalue weighted by Gasteiger charge is 2.40. The zero-order valence-corrected chi connectivity index (χ0v) is 29.5. The van der Waals surface area contributed by atoms with Crippen LogP contribution in [0.3, 0.4) is 0 Å². The highest BCUT2D eigenvalue weighted by atomic mass is 16.6. The van der Waals surface area contributed by atoms with Gasteiger partial charge in [0.15, 0.2) is 0 Å². The van der Waals surface area contributed by atoms with E-state index in [0.29, 0.717) is 29.2 Å². The van der Waals surface area contributed by atoms with Crippen LogP contribution in [0, 0.1) is 12.8 Å². The number of benzene rings is 4. The van der Waals surface area contributed by atoms with Gasteiger partial charge in [0.05, 0.1) is 0 Å². The van der Waals surface area contributed by atoms with Crippen molar-refractivity contribution in [3.05, 3.63) is 102 Å². The molecule has 3 unspecified atom stereocenters.